The quantitative estimate of drug-likeness (QED) is 0.562. The highest BCUT2D eigenvalue weighted by Crippen LogP contribution is 2.17. The molecule has 60 valence electrons. The average Bonchev–Trinajstić information content (AvgIpc) is 2.33. The molecule has 0 spiro atoms. The Morgan fingerprint density at radius 3 is 2.20 bits per heavy atom. The van der Waals surface area contributed by atoms with E-state index in [4.69, 9.17) is 5.73 Å². The zero-order chi connectivity index (χ0) is 7.61. The molecule has 2 N–H and O–H groups in total. The second-order valence-corrected chi connectivity index (χ2v) is 3.43. The summed E-state index contributed by atoms with van der Waals surface area (Å²) in [5.74, 6) is 0. The van der Waals surface area contributed by atoms with Crippen molar-refractivity contribution in [3.05, 3.63) is 0 Å². The Bertz CT molecular complexity index is 108. The third-order valence-electron chi connectivity index (χ3n) is 2.94. The Kier molecular flexibility index (Phi) is 2.32. The number of likely N-dealkylation sites (N-methyl/N-ethyl adjacent to an activating group) is 1. The molecule has 0 aromatic heterocycles. The van der Waals surface area contributed by atoms with Crippen molar-refractivity contribution in [1.82, 2.24) is 0 Å². The molecule has 0 saturated carbocycles. The van der Waals surface area contributed by atoms with E-state index in [-0.39, 0.29) is 0 Å². The summed E-state index contributed by atoms with van der Waals surface area (Å²) in [7, 11) is 0. The highest BCUT2D eigenvalue weighted by atomic mass is 15.4. The summed E-state index contributed by atoms with van der Waals surface area (Å²) in [6.07, 6.45) is 1.22. The van der Waals surface area contributed by atoms with Gasteiger partial charge in [-0.3, -0.25) is 0 Å². The van der Waals surface area contributed by atoms with Crippen LogP contribution in [0.5, 0.6) is 0 Å². The second kappa shape index (κ2) is 2.89. The van der Waals surface area contributed by atoms with E-state index in [0.717, 1.165) is 0 Å². The monoisotopic (exact) mass is 143 g/mol. The van der Waals surface area contributed by atoms with Crippen LogP contribution in [-0.2, 0) is 0 Å². The predicted octanol–water partition coefficient (Wildman–Crippen LogP) is 0.574. The largest absolute Gasteiger partial charge is 0.323 e. The fourth-order valence-corrected chi connectivity index (χ4v) is 1.92. The molecule has 1 heterocycles. The minimum atomic E-state index is 0.472. The molecule has 1 fully saturated rings. The van der Waals surface area contributed by atoms with E-state index >= 15 is 0 Å². The van der Waals surface area contributed by atoms with Gasteiger partial charge in [-0.1, -0.05) is 0 Å². The number of likely N-dealkylation sites (tertiary alicyclic amines) is 1. The maximum absolute atomic E-state index is 5.85. The normalized spacial score (nSPS) is 30.9. The smallest absolute Gasteiger partial charge is 0.0942 e. The van der Waals surface area contributed by atoms with Gasteiger partial charge in [-0.05, 0) is 13.8 Å². The van der Waals surface area contributed by atoms with Crippen LogP contribution >= 0.6 is 0 Å². The Morgan fingerprint density at radius 2 is 2.00 bits per heavy atom. The zero-order valence-electron chi connectivity index (χ0n) is 7.14. The molecule has 0 bridgehead atoms. The number of nitrogens with two attached hydrogens (primary N) is 1. The zero-order valence-corrected chi connectivity index (χ0v) is 7.14. The minimum Gasteiger partial charge on any atom is -0.323 e. The lowest BCUT2D eigenvalue weighted by Gasteiger charge is -2.31. The second-order valence-electron chi connectivity index (χ2n) is 3.43. The van der Waals surface area contributed by atoms with E-state index in [1.54, 1.807) is 0 Å². The van der Waals surface area contributed by atoms with Crippen LogP contribution in [0.4, 0.5) is 0 Å². The van der Waals surface area contributed by atoms with Crippen LogP contribution in [0.15, 0.2) is 0 Å². The van der Waals surface area contributed by atoms with E-state index < -0.39 is 0 Å². The Balaban J connectivity index is 2.51. The molecule has 1 saturated heterocycles. The number of rotatable bonds is 2. The van der Waals surface area contributed by atoms with Crippen LogP contribution in [0.1, 0.15) is 20.3 Å². The summed E-state index contributed by atoms with van der Waals surface area (Å²) < 4.78 is 1.25. The summed E-state index contributed by atoms with van der Waals surface area (Å²) in [5, 5.41) is 0. The lowest BCUT2D eigenvalue weighted by molar-refractivity contribution is -0.913. The summed E-state index contributed by atoms with van der Waals surface area (Å²) in [6.45, 7) is 9.54. The third kappa shape index (κ3) is 1.32. The summed E-state index contributed by atoms with van der Waals surface area (Å²) in [4.78, 5) is 0. The van der Waals surface area contributed by atoms with Gasteiger partial charge in [0.2, 0.25) is 0 Å². The average molecular weight is 143 g/mol. The van der Waals surface area contributed by atoms with Gasteiger partial charge < -0.3 is 10.2 Å². The van der Waals surface area contributed by atoms with Crippen molar-refractivity contribution < 1.29 is 4.48 Å². The van der Waals surface area contributed by atoms with E-state index in [2.05, 4.69) is 13.8 Å². The van der Waals surface area contributed by atoms with Crippen LogP contribution in [-0.4, -0.2) is 36.7 Å². The Morgan fingerprint density at radius 1 is 1.40 bits per heavy atom. The highest BCUT2D eigenvalue weighted by Gasteiger charge is 2.32. The van der Waals surface area contributed by atoms with Gasteiger partial charge in [0.05, 0.1) is 32.2 Å². The summed E-state index contributed by atoms with van der Waals surface area (Å²) in [5.41, 5.74) is 5.85. The first-order chi connectivity index (χ1) is 4.72. The van der Waals surface area contributed by atoms with Gasteiger partial charge in [-0.25, -0.2) is 0 Å². The maximum Gasteiger partial charge on any atom is 0.0942 e. The maximum atomic E-state index is 5.85. The number of quaternary nitrogens is 1. The van der Waals surface area contributed by atoms with E-state index in [0.29, 0.717) is 6.04 Å². The minimum absolute atomic E-state index is 0.472. The van der Waals surface area contributed by atoms with Gasteiger partial charge >= 0.3 is 0 Å². The van der Waals surface area contributed by atoms with Crippen molar-refractivity contribution in [3.63, 3.8) is 0 Å². The molecular formula is C8H19N2+. The third-order valence-corrected chi connectivity index (χ3v) is 2.94. The fourth-order valence-electron chi connectivity index (χ4n) is 1.92. The van der Waals surface area contributed by atoms with Crippen molar-refractivity contribution in [2.45, 2.75) is 26.3 Å². The molecule has 1 unspecified atom stereocenters. The number of nitrogens with zero attached hydrogens (tertiary/aromatic N) is 1. The molecule has 1 rings (SSSR count). The van der Waals surface area contributed by atoms with Crippen molar-refractivity contribution in [1.29, 1.82) is 0 Å². The van der Waals surface area contributed by atoms with Crippen LogP contribution in [0.25, 0.3) is 0 Å². The van der Waals surface area contributed by atoms with E-state index in [1.807, 2.05) is 0 Å². The molecule has 0 aliphatic carbocycles. The first kappa shape index (κ1) is 8.02. The van der Waals surface area contributed by atoms with Crippen LogP contribution in [0.2, 0.25) is 0 Å². The molecular weight excluding hydrogens is 124 g/mol. The van der Waals surface area contributed by atoms with E-state index in [1.165, 1.54) is 37.1 Å². The molecule has 1 aliphatic rings. The van der Waals surface area contributed by atoms with Gasteiger partial charge in [0, 0.05) is 6.42 Å². The van der Waals surface area contributed by atoms with Crippen LogP contribution in [0.3, 0.4) is 0 Å². The van der Waals surface area contributed by atoms with Crippen LogP contribution < -0.4 is 5.73 Å². The molecule has 1 aliphatic heterocycles. The van der Waals surface area contributed by atoms with Gasteiger partial charge in [-0.2, -0.15) is 0 Å². The Hall–Kier alpha value is -0.0800. The molecule has 10 heavy (non-hydrogen) atoms. The van der Waals surface area contributed by atoms with Gasteiger partial charge in [0.1, 0.15) is 0 Å². The molecule has 0 aromatic carbocycles. The first-order valence-corrected chi connectivity index (χ1v) is 4.33. The summed E-state index contributed by atoms with van der Waals surface area (Å²) in [6, 6.07) is 0.472. The topological polar surface area (TPSA) is 26.0 Å². The van der Waals surface area contributed by atoms with Crippen molar-refractivity contribution in [3.8, 4) is 0 Å². The van der Waals surface area contributed by atoms with Gasteiger partial charge in [0.25, 0.3) is 0 Å². The molecule has 0 radical (unpaired) electrons. The fraction of sp³-hybridized carbons (Fsp3) is 1.00. The standard InChI is InChI=1S/C8H19N2/c1-3-10(4-2)6-5-8(9)7-10/h8H,3-7,9H2,1-2H3/q+1. The lowest BCUT2D eigenvalue weighted by Crippen LogP contribution is -2.46. The van der Waals surface area contributed by atoms with E-state index in [9.17, 15) is 0 Å². The Labute approximate surface area is 63.6 Å². The molecule has 0 amide bonds. The summed E-state index contributed by atoms with van der Waals surface area (Å²) >= 11 is 0. The molecule has 0 aromatic rings. The molecule has 1 atom stereocenters. The highest BCUT2D eigenvalue weighted by molar-refractivity contribution is 4.67. The molecule has 2 heteroatoms. The van der Waals surface area contributed by atoms with Crippen LogP contribution in [0, 0.1) is 0 Å². The lowest BCUT2D eigenvalue weighted by atomic mass is 10.3. The predicted molar refractivity (Wildman–Crippen MR) is 43.7 cm³/mol. The van der Waals surface area contributed by atoms with Crippen molar-refractivity contribution in [2.24, 2.45) is 5.73 Å². The van der Waals surface area contributed by atoms with Gasteiger partial charge in [0.15, 0.2) is 0 Å². The number of hydrogen-bond donors (Lipinski definition) is 1. The first-order valence-electron chi connectivity index (χ1n) is 4.33. The molecule has 2 nitrogen and oxygen atoms in total. The van der Waals surface area contributed by atoms with Gasteiger partial charge in [-0.15, -0.1) is 0 Å². The SMILES string of the molecule is CC[N+]1(CC)CCC(N)C1. The van der Waals surface area contributed by atoms with Crippen molar-refractivity contribution in [2.75, 3.05) is 26.2 Å². The number of hydrogen-bond acceptors (Lipinski definition) is 1. The van der Waals surface area contributed by atoms with Crippen molar-refractivity contribution >= 4 is 0 Å².